The molecule has 0 saturated carbocycles. The van der Waals surface area contributed by atoms with Crippen molar-refractivity contribution in [2.75, 3.05) is 25.0 Å². The van der Waals surface area contributed by atoms with E-state index in [1.54, 1.807) is 24.3 Å². The number of carboxylic acids is 2. The summed E-state index contributed by atoms with van der Waals surface area (Å²) in [4.78, 5) is 22.9. The Labute approximate surface area is 223 Å². The first kappa shape index (κ1) is 26.9. The van der Waals surface area contributed by atoms with Crippen molar-refractivity contribution in [1.82, 2.24) is 4.31 Å². The molecule has 196 valence electrons. The van der Waals surface area contributed by atoms with E-state index in [9.17, 15) is 23.1 Å². The van der Waals surface area contributed by atoms with Gasteiger partial charge in [-0.15, -0.1) is 11.3 Å². The van der Waals surface area contributed by atoms with E-state index in [1.165, 1.54) is 10.4 Å². The Morgan fingerprint density at radius 3 is 2.49 bits per heavy atom. The highest BCUT2D eigenvalue weighted by molar-refractivity contribution is 7.88. The van der Waals surface area contributed by atoms with Crippen LogP contribution in [0.5, 0.6) is 5.75 Å². The van der Waals surface area contributed by atoms with Crippen LogP contribution in [0.1, 0.15) is 28.1 Å². The third-order valence-corrected chi connectivity index (χ3v) is 9.09. The van der Waals surface area contributed by atoms with Gasteiger partial charge in [0.15, 0.2) is 11.5 Å². The number of hydrogen-bond donors (Lipinski definition) is 3. The highest BCUT2D eigenvalue weighted by atomic mass is 35.5. The molecule has 0 unspecified atom stereocenters. The first-order chi connectivity index (χ1) is 17.6. The molecule has 3 N–H and O–H groups in total. The summed E-state index contributed by atoms with van der Waals surface area (Å²) in [6.07, 6.45) is 1.27. The number of halogens is 1. The van der Waals surface area contributed by atoms with E-state index in [2.05, 4.69) is 5.32 Å². The minimum Gasteiger partial charge on any atom is -0.480 e. The number of ether oxygens (including phenoxy) is 1. The molecule has 0 radical (unpaired) electrons. The average Bonchev–Trinajstić information content (AvgIpc) is 3.28. The Morgan fingerprint density at radius 2 is 1.81 bits per heavy atom. The number of benzene rings is 2. The standard InChI is InChI=1S/C25H25ClN2O7S2/c26-18-5-1-3-16(11-18)15-37(33,34)28-9-7-19(8-10-28)27-20-6-2-4-17(12-20)22-13-21(35-14-23(29)30)24(36-22)25(31)32/h1-6,11-13,19,27H,7-10,14-15H2,(H,29,30)(H,31,32). The smallest absolute Gasteiger partial charge is 0.349 e. The monoisotopic (exact) mass is 564 g/mol. The molecule has 0 atom stereocenters. The lowest BCUT2D eigenvalue weighted by molar-refractivity contribution is -0.139. The van der Waals surface area contributed by atoms with Gasteiger partial charge in [-0.2, -0.15) is 0 Å². The fourth-order valence-corrected chi connectivity index (χ4v) is 6.82. The van der Waals surface area contributed by atoms with Crippen LogP contribution in [0.25, 0.3) is 10.4 Å². The Hall–Kier alpha value is -3.12. The van der Waals surface area contributed by atoms with Gasteiger partial charge in [-0.25, -0.2) is 22.3 Å². The molecule has 1 fully saturated rings. The van der Waals surface area contributed by atoms with E-state index in [0.717, 1.165) is 22.6 Å². The van der Waals surface area contributed by atoms with E-state index in [4.69, 9.17) is 21.4 Å². The van der Waals surface area contributed by atoms with Gasteiger partial charge in [0.05, 0.1) is 5.75 Å². The molecule has 9 nitrogen and oxygen atoms in total. The van der Waals surface area contributed by atoms with Crippen molar-refractivity contribution < 1.29 is 33.0 Å². The summed E-state index contributed by atoms with van der Waals surface area (Å²) >= 11 is 6.99. The molecule has 1 aliphatic heterocycles. The summed E-state index contributed by atoms with van der Waals surface area (Å²) < 4.78 is 32.4. The van der Waals surface area contributed by atoms with Gasteiger partial charge >= 0.3 is 11.9 Å². The maximum absolute atomic E-state index is 12.9. The Kier molecular flexibility index (Phi) is 8.38. The quantitative estimate of drug-likeness (QED) is 0.324. The van der Waals surface area contributed by atoms with Crippen molar-refractivity contribution in [3.8, 4) is 16.2 Å². The van der Waals surface area contributed by atoms with Gasteiger partial charge in [0.1, 0.15) is 5.75 Å². The number of anilines is 1. The maximum Gasteiger partial charge on any atom is 0.349 e. The van der Waals surface area contributed by atoms with Crippen LogP contribution >= 0.6 is 22.9 Å². The van der Waals surface area contributed by atoms with Gasteiger partial charge in [0.2, 0.25) is 10.0 Å². The van der Waals surface area contributed by atoms with Crippen LogP contribution in [0.4, 0.5) is 5.69 Å². The lowest BCUT2D eigenvalue weighted by Gasteiger charge is -2.32. The molecule has 1 saturated heterocycles. The van der Waals surface area contributed by atoms with Crippen LogP contribution in [0.2, 0.25) is 5.02 Å². The Balaban J connectivity index is 1.39. The summed E-state index contributed by atoms with van der Waals surface area (Å²) in [6, 6.07) is 15.9. The molecular weight excluding hydrogens is 540 g/mol. The first-order valence-electron chi connectivity index (χ1n) is 11.4. The summed E-state index contributed by atoms with van der Waals surface area (Å²) in [5.74, 6) is -2.47. The average molecular weight is 565 g/mol. The van der Waals surface area contributed by atoms with E-state index >= 15 is 0 Å². The molecule has 0 amide bonds. The molecule has 37 heavy (non-hydrogen) atoms. The fraction of sp³-hybridized carbons (Fsp3) is 0.280. The first-order valence-corrected chi connectivity index (χ1v) is 14.2. The van der Waals surface area contributed by atoms with Crippen LogP contribution in [-0.2, 0) is 20.6 Å². The zero-order valence-corrected chi connectivity index (χ0v) is 22.0. The van der Waals surface area contributed by atoms with Gasteiger partial charge in [-0.05, 0) is 54.3 Å². The van der Waals surface area contributed by atoms with Gasteiger partial charge < -0.3 is 20.3 Å². The number of hydrogen-bond acceptors (Lipinski definition) is 7. The molecule has 0 spiro atoms. The number of nitrogens with one attached hydrogen (secondary N) is 1. The lowest BCUT2D eigenvalue weighted by Crippen LogP contribution is -2.42. The molecular formula is C25H25ClN2O7S2. The summed E-state index contributed by atoms with van der Waals surface area (Å²) in [5.41, 5.74) is 2.22. The van der Waals surface area contributed by atoms with E-state index < -0.39 is 28.6 Å². The van der Waals surface area contributed by atoms with Crippen LogP contribution in [0, 0.1) is 0 Å². The van der Waals surface area contributed by atoms with Crippen molar-refractivity contribution in [1.29, 1.82) is 0 Å². The number of carbonyl (C=O) groups is 2. The second-order valence-corrected chi connectivity index (χ2v) is 12.0. The topological polar surface area (TPSA) is 133 Å². The summed E-state index contributed by atoms with van der Waals surface area (Å²) in [7, 11) is -3.46. The van der Waals surface area contributed by atoms with E-state index in [0.29, 0.717) is 41.4 Å². The second kappa shape index (κ2) is 11.5. The fourth-order valence-electron chi connectivity index (χ4n) is 4.12. The maximum atomic E-state index is 12.9. The van der Waals surface area contributed by atoms with Crippen LogP contribution < -0.4 is 10.1 Å². The predicted octanol–water partition coefficient (Wildman–Crippen LogP) is 4.64. The Morgan fingerprint density at radius 1 is 1.08 bits per heavy atom. The van der Waals surface area contributed by atoms with Crippen LogP contribution in [0.3, 0.4) is 0 Å². The molecule has 4 rings (SSSR count). The minimum absolute atomic E-state index is 0.0135. The van der Waals surface area contributed by atoms with Gasteiger partial charge in [0.25, 0.3) is 0 Å². The lowest BCUT2D eigenvalue weighted by atomic mass is 10.1. The molecule has 2 aromatic carbocycles. The number of rotatable bonds is 10. The number of carboxylic acid groups (broad SMARTS) is 2. The van der Waals surface area contributed by atoms with Crippen molar-refractivity contribution in [3.05, 3.63) is 70.1 Å². The van der Waals surface area contributed by atoms with Crippen molar-refractivity contribution in [2.45, 2.75) is 24.6 Å². The third-order valence-electron chi connectivity index (χ3n) is 5.85. The molecule has 1 aromatic heterocycles. The highest BCUT2D eigenvalue weighted by Crippen LogP contribution is 2.37. The zero-order chi connectivity index (χ0) is 26.6. The largest absolute Gasteiger partial charge is 0.480 e. The van der Waals surface area contributed by atoms with E-state index in [1.807, 2.05) is 24.3 Å². The second-order valence-electron chi connectivity index (χ2n) is 8.58. The summed E-state index contributed by atoms with van der Waals surface area (Å²) in [6.45, 7) is 0.167. The number of aromatic carboxylic acids is 1. The van der Waals surface area contributed by atoms with Gasteiger partial charge in [0, 0.05) is 34.7 Å². The minimum atomic E-state index is -3.46. The number of aliphatic carboxylic acids is 1. The molecule has 12 heteroatoms. The third kappa shape index (κ3) is 7.01. The van der Waals surface area contributed by atoms with Gasteiger partial charge in [-0.3, -0.25) is 0 Å². The van der Waals surface area contributed by atoms with Crippen LogP contribution in [0.15, 0.2) is 54.6 Å². The molecule has 0 aliphatic carbocycles. The Bertz CT molecular complexity index is 1400. The molecule has 1 aliphatic rings. The number of nitrogens with zero attached hydrogens (tertiary/aromatic N) is 1. The molecule has 3 aromatic rings. The zero-order valence-electron chi connectivity index (χ0n) is 19.6. The van der Waals surface area contributed by atoms with Crippen molar-refractivity contribution in [2.24, 2.45) is 0 Å². The van der Waals surface area contributed by atoms with Crippen LogP contribution in [-0.4, -0.2) is 60.6 Å². The SMILES string of the molecule is O=C(O)COc1cc(-c2cccc(NC3CCN(S(=O)(=O)Cc4cccc(Cl)c4)CC3)c2)sc1C(=O)O. The van der Waals surface area contributed by atoms with Crippen molar-refractivity contribution >= 4 is 50.6 Å². The van der Waals surface area contributed by atoms with E-state index in [-0.39, 0.29) is 22.4 Å². The normalized spacial score (nSPS) is 14.8. The molecule has 0 bridgehead atoms. The predicted molar refractivity (Wildman–Crippen MR) is 142 cm³/mol. The summed E-state index contributed by atoms with van der Waals surface area (Å²) in [5, 5.41) is 22.2. The highest BCUT2D eigenvalue weighted by Gasteiger charge is 2.28. The number of piperidine rings is 1. The number of sulfonamides is 1. The van der Waals surface area contributed by atoms with Gasteiger partial charge in [-0.1, -0.05) is 35.9 Å². The van der Waals surface area contributed by atoms with Crippen molar-refractivity contribution in [3.63, 3.8) is 0 Å². The molecule has 2 heterocycles. The number of thiophene rings is 1.